The Hall–Kier alpha value is -2.04. The molecule has 3 rings (SSSR count). The molecule has 0 spiro atoms. The van der Waals surface area contributed by atoms with E-state index in [1.807, 2.05) is 24.3 Å². The molecule has 2 aliphatic rings. The number of ether oxygens (including phenoxy) is 1. The van der Waals surface area contributed by atoms with Crippen LogP contribution in [0.4, 0.5) is 0 Å². The summed E-state index contributed by atoms with van der Waals surface area (Å²) in [5.41, 5.74) is 0.441. The number of methoxy groups -OCH3 is 1. The zero-order valence-corrected chi connectivity index (χ0v) is 12.7. The van der Waals surface area contributed by atoms with Crippen molar-refractivity contribution in [2.24, 2.45) is 5.92 Å². The van der Waals surface area contributed by atoms with Crippen LogP contribution in [-0.2, 0) is 15.0 Å². The molecule has 0 radical (unpaired) electrons. The van der Waals surface area contributed by atoms with E-state index >= 15 is 0 Å². The highest BCUT2D eigenvalue weighted by Gasteiger charge is 2.53. The van der Waals surface area contributed by atoms with Crippen LogP contribution in [0, 0.1) is 5.92 Å². The summed E-state index contributed by atoms with van der Waals surface area (Å²) in [6.07, 6.45) is 3.54. The maximum atomic E-state index is 12.7. The second-order valence-electron chi connectivity index (χ2n) is 6.30. The summed E-state index contributed by atoms with van der Waals surface area (Å²) in [4.78, 5) is 23.7. The number of hydrogen-bond donors (Lipinski definition) is 2. The van der Waals surface area contributed by atoms with Crippen molar-refractivity contribution in [1.82, 2.24) is 5.32 Å². The Kier molecular flexibility index (Phi) is 3.81. The minimum absolute atomic E-state index is 0.00744. The van der Waals surface area contributed by atoms with Gasteiger partial charge in [0.15, 0.2) is 0 Å². The summed E-state index contributed by atoms with van der Waals surface area (Å²) < 4.78 is 5.38. The fourth-order valence-electron chi connectivity index (χ4n) is 3.44. The Morgan fingerprint density at radius 2 is 2.00 bits per heavy atom. The Morgan fingerprint density at radius 3 is 2.59 bits per heavy atom. The molecular formula is C17H21NO4. The summed E-state index contributed by atoms with van der Waals surface area (Å²) in [7, 11) is 1.61. The monoisotopic (exact) mass is 303 g/mol. The lowest BCUT2D eigenvalue weighted by atomic mass is 9.93. The van der Waals surface area contributed by atoms with Gasteiger partial charge in [0.25, 0.3) is 0 Å². The lowest BCUT2D eigenvalue weighted by molar-refractivity contribution is -0.141. The Morgan fingerprint density at radius 1 is 1.27 bits per heavy atom. The molecule has 0 saturated heterocycles. The van der Waals surface area contributed by atoms with E-state index in [1.165, 1.54) is 0 Å². The van der Waals surface area contributed by atoms with Crippen molar-refractivity contribution in [3.05, 3.63) is 29.8 Å². The van der Waals surface area contributed by atoms with Gasteiger partial charge in [0.2, 0.25) is 5.91 Å². The average molecular weight is 303 g/mol. The van der Waals surface area contributed by atoms with Gasteiger partial charge in [-0.3, -0.25) is 9.59 Å². The van der Waals surface area contributed by atoms with Crippen molar-refractivity contribution in [2.75, 3.05) is 7.11 Å². The predicted molar refractivity (Wildman–Crippen MR) is 80.8 cm³/mol. The number of carbonyl (C=O) groups excluding carboxylic acids is 1. The number of carboxylic acids is 1. The van der Waals surface area contributed by atoms with Crippen LogP contribution in [-0.4, -0.2) is 30.1 Å². The summed E-state index contributed by atoms with van der Waals surface area (Å²) in [5, 5.41) is 12.1. The molecule has 0 heterocycles. The lowest BCUT2D eigenvalue weighted by Gasteiger charge is -2.21. The number of rotatable bonds is 5. The number of para-hydroxylation sites is 1. The summed E-state index contributed by atoms with van der Waals surface area (Å²) in [6, 6.07) is 7.60. The normalized spacial score (nSPS) is 25.5. The van der Waals surface area contributed by atoms with Gasteiger partial charge in [-0.15, -0.1) is 0 Å². The molecular weight excluding hydrogens is 282 g/mol. The van der Waals surface area contributed by atoms with Crippen LogP contribution < -0.4 is 10.1 Å². The number of aliphatic carboxylic acids is 1. The zero-order valence-electron chi connectivity index (χ0n) is 12.7. The van der Waals surface area contributed by atoms with Crippen molar-refractivity contribution >= 4 is 11.9 Å². The quantitative estimate of drug-likeness (QED) is 0.873. The molecule has 2 aliphatic carbocycles. The van der Waals surface area contributed by atoms with Crippen LogP contribution in [0.2, 0.25) is 0 Å². The molecule has 1 aromatic carbocycles. The van der Waals surface area contributed by atoms with E-state index in [4.69, 9.17) is 9.84 Å². The van der Waals surface area contributed by atoms with E-state index in [0.717, 1.165) is 30.6 Å². The first-order valence-electron chi connectivity index (χ1n) is 7.74. The molecule has 2 atom stereocenters. The molecule has 2 N–H and O–H groups in total. The summed E-state index contributed by atoms with van der Waals surface area (Å²) in [5.74, 6) is -0.340. The first-order valence-corrected chi connectivity index (χ1v) is 7.74. The van der Waals surface area contributed by atoms with Gasteiger partial charge in [-0.2, -0.15) is 0 Å². The van der Waals surface area contributed by atoms with E-state index < -0.39 is 11.4 Å². The Balaban J connectivity index is 1.71. The Labute approximate surface area is 129 Å². The number of carboxylic acid groups (broad SMARTS) is 1. The average Bonchev–Trinajstić information content (AvgIpc) is 3.20. The minimum Gasteiger partial charge on any atom is -0.496 e. The number of hydrogen-bond acceptors (Lipinski definition) is 3. The van der Waals surface area contributed by atoms with Crippen molar-refractivity contribution in [3.8, 4) is 5.75 Å². The molecule has 22 heavy (non-hydrogen) atoms. The van der Waals surface area contributed by atoms with Gasteiger partial charge in [0.1, 0.15) is 5.75 Å². The number of nitrogens with one attached hydrogen (secondary N) is 1. The van der Waals surface area contributed by atoms with Crippen LogP contribution in [0.25, 0.3) is 0 Å². The van der Waals surface area contributed by atoms with Crippen molar-refractivity contribution < 1.29 is 19.4 Å². The van der Waals surface area contributed by atoms with Crippen LogP contribution in [0.3, 0.4) is 0 Å². The van der Waals surface area contributed by atoms with E-state index in [-0.39, 0.29) is 17.9 Å². The second-order valence-corrected chi connectivity index (χ2v) is 6.30. The van der Waals surface area contributed by atoms with Crippen molar-refractivity contribution in [3.63, 3.8) is 0 Å². The summed E-state index contributed by atoms with van der Waals surface area (Å²) in [6.45, 7) is 0. The number of benzene rings is 1. The van der Waals surface area contributed by atoms with Crippen molar-refractivity contribution in [2.45, 2.75) is 43.6 Å². The fourth-order valence-corrected chi connectivity index (χ4v) is 3.44. The molecule has 2 saturated carbocycles. The predicted octanol–water partition coefficient (Wildman–Crippen LogP) is 2.10. The Bertz CT molecular complexity index is 594. The topological polar surface area (TPSA) is 75.6 Å². The van der Waals surface area contributed by atoms with Gasteiger partial charge in [-0.25, -0.2) is 0 Å². The highest BCUT2D eigenvalue weighted by atomic mass is 16.5. The molecule has 0 unspecified atom stereocenters. The van der Waals surface area contributed by atoms with Crippen LogP contribution in [0.5, 0.6) is 5.75 Å². The molecule has 0 bridgehead atoms. The highest BCUT2D eigenvalue weighted by Crippen LogP contribution is 2.51. The van der Waals surface area contributed by atoms with E-state index in [2.05, 4.69) is 5.32 Å². The van der Waals surface area contributed by atoms with E-state index in [0.29, 0.717) is 12.8 Å². The van der Waals surface area contributed by atoms with Crippen LogP contribution in [0.1, 0.15) is 37.7 Å². The summed E-state index contributed by atoms with van der Waals surface area (Å²) >= 11 is 0. The zero-order chi connectivity index (χ0) is 15.7. The van der Waals surface area contributed by atoms with Gasteiger partial charge >= 0.3 is 5.97 Å². The smallest absolute Gasteiger partial charge is 0.306 e. The number of carbonyl (C=O) groups is 2. The molecule has 5 nitrogen and oxygen atoms in total. The molecule has 118 valence electrons. The minimum atomic E-state index is -0.761. The van der Waals surface area contributed by atoms with Crippen LogP contribution in [0.15, 0.2) is 24.3 Å². The first kappa shape index (κ1) is 14.9. The number of amides is 1. The third-order valence-electron chi connectivity index (χ3n) is 4.92. The van der Waals surface area contributed by atoms with Crippen molar-refractivity contribution in [1.29, 1.82) is 0 Å². The van der Waals surface area contributed by atoms with Crippen LogP contribution >= 0.6 is 0 Å². The first-order chi connectivity index (χ1) is 10.6. The van der Waals surface area contributed by atoms with Gasteiger partial charge in [0.05, 0.1) is 18.4 Å². The highest BCUT2D eigenvalue weighted by molar-refractivity contribution is 5.92. The molecule has 5 heteroatoms. The maximum absolute atomic E-state index is 12.7. The van der Waals surface area contributed by atoms with E-state index in [1.54, 1.807) is 7.11 Å². The standard InChI is InChI=1S/C17H21NO4/c1-22-14-5-3-2-4-13(14)17(8-9-17)16(21)18-12-7-6-11(10-12)15(19)20/h2-5,11-12H,6-10H2,1H3,(H,18,21)(H,19,20)/t11-,12+/m1/s1. The van der Waals surface area contributed by atoms with Gasteiger partial charge < -0.3 is 15.2 Å². The largest absolute Gasteiger partial charge is 0.496 e. The van der Waals surface area contributed by atoms with Gasteiger partial charge in [-0.1, -0.05) is 18.2 Å². The molecule has 1 aromatic rings. The fraction of sp³-hybridized carbons (Fsp3) is 0.529. The molecule has 1 amide bonds. The molecule has 0 aliphatic heterocycles. The third-order valence-corrected chi connectivity index (χ3v) is 4.92. The lowest BCUT2D eigenvalue weighted by Crippen LogP contribution is -2.40. The van der Waals surface area contributed by atoms with Gasteiger partial charge in [-0.05, 0) is 38.2 Å². The maximum Gasteiger partial charge on any atom is 0.306 e. The van der Waals surface area contributed by atoms with Gasteiger partial charge in [0, 0.05) is 11.6 Å². The molecule has 0 aromatic heterocycles. The SMILES string of the molecule is COc1ccccc1C1(C(=O)N[C@H]2CC[C@@H](C(=O)O)C2)CC1. The second kappa shape index (κ2) is 5.63. The third kappa shape index (κ3) is 2.56. The molecule has 2 fully saturated rings. The van der Waals surface area contributed by atoms with E-state index in [9.17, 15) is 9.59 Å².